The Bertz CT molecular complexity index is 472. The predicted octanol–water partition coefficient (Wildman–Crippen LogP) is 5.02. The molecule has 2 N–H and O–H groups in total. The van der Waals surface area contributed by atoms with Gasteiger partial charge < -0.3 is 10.2 Å². The summed E-state index contributed by atoms with van der Waals surface area (Å²) in [6.07, 6.45) is 14.6. The van der Waals surface area contributed by atoms with Gasteiger partial charge in [-0.05, 0) is 123 Å². The Hall–Kier alpha value is -0.0800. The Morgan fingerprint density at radius 3 is 1.35 bits per heavy atom. The Morgan fingerprint density at radius 1 is 0.538 bits per heavy atom. The van der Waals surface area contributed by atoms with Crippen molar-refractivity contribution in [1.29, 1.82) is 0 Å². The van der Waals surface area contributed by atoms with Crippen LogP contribution in [0.5, 0.6) is 0 Å². The molecule has 0 aromatic carbocycles. The van der Waals surface area contributed by atoms with Crippen molar-refractivity contribution in [1.82, 2.24) is 0 Å². The fourth-order valence-corrected chi connectivity index (χ4v) is 9.34. The van der Waals surface area contributed by atoms with Gasteiger partial charge in [0.05, 0.1) is 12.2 Å². The minimum atomic E-state index is -0.0627. The van der Waals surface area contributed by atoms with E-state index >= 15 is 0 Å². The van der Waals surface area contributed by atoms with E-state index in [1.165, 1.54) is 57.8 Å². The topological polar surface area (TPSA) is 40.5 Å². The van der Waals surface area contributed by atoms with Crippen LogP contribution >= 0.6 is 0 Å². The summed E-state index contributed by atoms with van der Waals surface area (Å²) < 4.78 is 0. The van der Waals surface area contributed by atoms with E-state index in [0.29, 0.717) is 17.3 Å². The van der Waals surface area contributed by atoms with Crippen LogP contribution in [-0.2, 0) is 0 Å². The van der Waals surface area contributed by atoms with Gasteiger partial charge in [0.2, 0.25) is 0 Å². The molecule has 26 heavy (non-hydrogen) atoms. The molecule has 6 atom stereocenters. The lowest BCUT2D eigenvalue weighted by Crippen LogP contribution is -2.61. The van der Waals surface area contributed by atoms with Crippen LogP contribution < -0.4 is 0 Å². The molecule has 0 saturated heterocycles. The minimum Gasteiger partial charge on any atom is -0.393 e. The fourth-order valence-electron chi connectivity index (χ4n) is 9.34. The van der Waals surface area contributed by atoms with Crippen LogP contribution in [-0.4, -0.2) is 22.4 Å². The molecule has 6 unspecified atom stereocenters. The van der Waals surface area contributed by atoms with Crippen LogP contribution in [0.25, 0.3) is 0 Å². The van der Waals surface area contributed by atoms with Crippen molar-refractivity contribution in [3.8, 4) is 0 Å². The van der Waals surface area contributed by atoms with Crippen molar-refractivity contribution in [3.63, 3.8) is 0 Å². The SMILES string of the molecule is CC1CC(C2(C3CCC(O)C(C)C3)C3CC4CC(C3)CC2C4)CCC1O. The third-order valence-electron chi connectivity index (χ3n) is 10.2. The number of aliphatic hydroxyl groups is 2. The highest BCUT2D eigenvalue weighted by Crippen LogP contribution is 2.70. The molecule has 0 amide bonds. The van der Waals surface area contributed by atoms with Gasteiger partial charge in [0.1, 0.15) is 0 Å². The van der Waals surface area contributed by atoms with Crippen molar-refractivity contribution in [2.24, 2.45) is 52.8 Å². The molecule has 0 heterocycles. The number of hydrogen-bond donors (Lipinski definition) is 2. The van der Waals surface area contributed by atoms with Gasteiger partial charge in [-0.15, -0.1) is 0 Å². The summed E-state index contributed by atoms with van der Waals surface area (Å²) in [6, 6.07) is 0. The monoisotopic (exact) mass is 360 g/mol. The molecule has 6 saturated carbocycles. The lowest BCUT2D eigenvalue weighted by Gasteiger charge is -2.68. The van der Waals surface area contributed by atoms with E-state index in [1.54, 1.807) is 0 Å². The molecule has 4 bridgehead atoms. The molecular weight excluding hydrogens is 320 g/mol. The van der Waals surface area contributed by atoms with Crippen molar-refractivity contribution in [3.05, 3.63) is 0 Å². The average Bonchev–Trinajstić information content (AvgIpc) is 2.60. The molecule has 6 aliphatic carbocycles. The van der Waals surface area contributed by atoms with Crippen LogP contribution in [0.15, 0.2) is 0 Å². The summed E-state index contributed by atoms with van der Waals surface area (Å²) in [4.78, 5) is 0. The van der Waals surface area contributed by atoms with Crippen LogP contribution in [0.2, 0.25) is 0 Å². The largest absolute Gasteiger partial charge is 0.393 e. The quantitative estimate of drug-likeness (QED) is 0.725. The molecule has 6 aliphatic rings. The van der Waals surface area contributed by atoms with Gasteiger partial charge in [-0.2, -0.15) is 0 Å². The van der Waals surface area contributed by atoms with Gasteiger partial charge in [0.25, 0.3) is 0 Å². The second-order valence-corrected chi connectivity index (χ2v) is 11.4. The van der Waals surface area contributed by atoms with Crippen molar-refractivity contribution >= 4 is 0 Å². The molecule has 0 aromatic heterocycles. The zero-order chi connectivity index (χ0) is 18.1. The van der Waals surface area contributed by atoms with E-state index in [1.807, 2.05) is 0 Å². The first-order valence-electron chi connectivity index (χ1n) is 11.8. The smallest absolute Gasteiger partial charge is 0.0566 e. The average molecular weight is 361 g/mol. The maximum atomic E-state index is 10.4. The van der Waals surface area contributed by atoms with Crippen LogP contribution in [0, 0.1) is 52.8 Å². The van der Waals surface area contributed by atoms with Gasteiger partial charge in [-0.25, -0.2) is 0 Å². The number of aliphatic hydroxyl groups excluding tert-OH is 2. The van der Waals surface area contributed by atoms with Gasteiger partial charge in [0, 0.05) is 0 Å². The molecule has 6 fully saturated rings. The maximum Gasteiger partial charge on any atom is 0.0566 e. The highest BCUT2D eigenvalue weighted by atomic mass is 16.3. The van der Waals surface area contributed by atoms with E-state index in [9.17, 15) is 10.2 Å². The first-order valence-corrected chi connectivity index (χ1v) is 11.8. The third-order valence-corrected chi connectivity index (χ3v) is 10.2. The summed E-state index contributed by atoms with van der Waals surface area (Å²) in [5.41, 5.74) is 0.552. The van der Waals surface area contributed by atoms with E-state index in [4.69, 9.17) is 0 Å². The second-order valence-electron chi connectivity index (χ2n) is 11.4. The first-order chi connectivity index (χ1) is 12.5. The van der Waals surface area contributed by atoms with Gasteiger partial charge in [0.15, 0.2) is 0 Å². The summed E-state index contributed by atoms with van der Waals surface area (Å²) in [5.74, 6) is 6.61. The number of rotatable bonds is 2. The Balaban J connectivity index is 1.51. The molecule has 0 aliphatic heterocycles. The van der Waals surface area contributed by atoms with E-state index in [0.717, 1.165) is 48.3 Å². The molecule has 0 aromatic rings. The molecule has 0 radical (unpaired) electrons. The van der Waals surface area contributed by atoms with Crippen LogP contribution in [0.1, 0.15) is 84.5 Å². The maximum absolute atomic E-state index is 10.4. The molecule has 2 nitrogen and oxygen atoms in total. The molecule has 148 valence electrons. The van der Waals surface area contributed by atoms with Crippen molar-refractivity contribution in [2.75, 3.05) is 0 Å². The predicted molar refractivity (Wildman–Crippen MR) is 105 cm³/mol. The summed E-state index contributed by atoms with van der Waals surface area (Å²) in [7, 11) is 0. The zero-order valence-corrected chi connectivity index (χ0v) is 16.9. The van der Waals surface area contributed by atoms with E-state index in [2.05, 4.69) is 13.8 Å². The normalized spacial score (nSPS) is 59.5. The Labute approximate surface area is 160 Å². The standard InChI is InChI=1S/C24H40O2/c1-14-7-18(3-5-22(14)25)24(19-4-6-23(26)15(2)8-19)20-10-16-9-17(12-20)13-21(24)11-16/h14-23,25-26H,3-13H2,1-2H3. The molecule has 2 heteroatoms. The lowest BCUT2D eigenvalue weighted by molar-refractivity contribution is -0.198. The highest BCUT2D eigenvalue weighted by Gasteiger charge is 2.63. The zero-order valence-electron chi connectivity index (χ0n) is 16.9. The van der Waals surface area contributed by atoms with E-state index < -0.39 is 0 Å². The van der Waals surface area contributed by atoms with E-state index in [-0.39, 0.29) is 12.2 Å². The number of hydrogen-bond acceptors (Lipinski definition) is 2. The molecule has 6 rings (SSSR count). The lowest BCUT2D eigenvalue weighted by atomic mass is 9.37. The van der Waals surface area contributed by atoms with Gasteiger partial charge in [-0.3, -0.25) is 0 Å². The second kappa shape index (κ2) is 6.48. The minimum absolute atomic E-state index is 0.0627. The first kappa shape index (κ1) is 18.0. The third kappa shape index (κ3) is 2.57. The van der Waals surface area contributed by atoms with Crippen LogP contribution in [0.3, 0.4) is 0 Å². The van der Waals surface area contributed by atoms with Crippen molar-refractivity contribution in [2.45, 2.75) is 96.7 Å². The summed E-state index contributed by atoms with van der Waals surface area (Å²) in [5, 5.41) is 20.8. The summed E-state index contributed by atoms with van der Waals surface area (Å²) in [6.45, 7) is 4.60. The fraction of sp³-hybridized carbons (Fsp3) is 1.00. The van der Waals surface area contributed by atoms with Gasteiger partial charge >= 0.3 is 0 Å². The molecular formula is C24H40O2. The Morgan fingerprint density at radius 2 is 0.962 bits per heavy atom. The highest BCUT2D eigenvalue weighted by molar-refractivity contribution is 5.12. The van der Waals surface area contributed by atoms with Crippen molar-refractivity contribution < 1.29 is 10.2 Å². The summed E-state index contributed by atoms with van der Waals surface area (Å²) >= 11 is 0. The molecule has 0 spiro atoms. The van der Waals surface area contributed by atoms with Gasteiger partial charge in [-0.1, -0.05) is 13.8 Å². The Kier molecular flexibility index (Phi) is 4.48. The van der Waals surface area contributed by atoms with Crippen LogP contribution in [0.4, 0.5) is 0 Å².